The molecule has 0 radical (unpaired) electrons. The first-order valence-corrected chi connectivity index (χ1v) is 2.43. The maximum absolute atomic E-state index is 10.2. The number of carbonyl (C=O) groups excluding carboxylic acids is 1. The Morgan fingerprint density at radius 3 is 2.20 bits per heavy atom. The molecule has 0 heterocycles. The SMILES string of the molecule is C=C(C=CC(=O)O)C(N)=O. The van der Waals surface area contributed by atoms with Crippen molar-refractivity contribution in [2.45, 2.75) is 0 Å². The van der Waals surface area contributed by atoms with Crippen molar-refractivity contribution >= 4 is 11.9 Å². The lowest BCUT2D eigenvalue weighted by Gasteiger charge is -1.87. The maximum Gasteiger partial charge on any atom is 0.328 e. The standard InChI is InChI=1S/C6H7NO3/c1-4(6(7)10)2-3-5(8)9/h2-3H,1H2,(H2,7,10)(H,8,9). The minimum absolute atomic E-state index is 0.0256. The lowest BCUT2D eigenvalue weighted by molar-refractivity contribution is -0.131. The Morgan fingerprint density at radius 2 is 1.90 bits per heavy atom. The summed E-state index contributed by atoms with van der Waals surface area (Å²) in [6.45, 7) is 3.20. The molecule has 0 aliphatic carbocycles. The smallest absolute Gasteiger partial charge is 0.328 e. The largest absolute Gasteiger partial charge is 0.478 e. The van der Waals surface area contributed by atoms with Gasteiger partial charge in [-0.3, -0.25) is 4.79 Å². The van der Waals surface area contributed by atoms with Crippen LogP contribution in [-0.4, -0.2) is 17.0 Å². The molecule has 0 fully saturated rings. The minimum atomic E-state index is -1.14. The van der Waals surface area contributed by atoms with E-state index in [9.17, 15) is 9.59 Å². The molecule has 0 rings (SSSR count). The van der Waals surface area contributed by atoms with Crippen LogP contribution in [0.2, 0.25) is 0 Å². The van der Waals surface area contributed by atoms with Crippen LogP contribution in [0.15, 0.2) is 24.3 Å². The van der Waals surface area contributed by atoms with Crippen molar-refractivity contribution in [3.05, 3.63) is 24.3 Å². The van der Waals surface area contributed by atoms with Crippen LogP contribution in [0.4, 0.5) is 0 Å². The van der Waals surface area contributed by atoms with Gasteiger partial charge in [0.15, 0.2) is 0 Å². The van der Waals surface area contributed by atoms with Gasteiger partial charge in [-0.15, -0.1) is 0 Å². The first-order valence-electron chi connectivity index (χ1n) is 2.43. The Balaban J connectivity index is 4.03. The number of carboxylic acid groups (broad SMARTS) is 1. The summed E-state index contributed by atoms with van der Waals surface area (Å²) in [4.78, 5) is 20.0. The summed E-state index contributed by atoms with van der Waals surface area (Å²) < 4.78 is 0. The second-order valence-corrected chi connectivity index (χ2v) is 1.56. The molecule has 0 saturated heterocycles. The summed E-state index contributed by atoms with van der Waals surface area (Å²) in [7, 11) is 0. The van der Waals surface area contributed by atoms with Crippen LogP contribution >= 0.6 is 0 Å². The molecule has 0 bridgehead atoms. The molecule has 0 aromatic carbocycles. The third kappa shape index (κ3) is 3.43. The molecule has 3 N–H and O–H groups in total. The summed E-state index contributed by atoms with van der Waals surface area (Å²) in [5.74, 6) is -1.86. The van der Waals surface area contributed by atoms with Crippen LogP contribution in [-0.2, 0) is 9.59 Å². The van der Waals surface area contributed by atoms with Crippen LogP contribution < -0.4 is 5.73 Å². The highest BCUT2D eigenvalue weighted by Crippen LogP contribution is 1.89. The van der Waals surface area contributed by atoms with Crippen LogP contribution in [0.25, 0.3) is 0 Å². The Kier molecular flexibility index (Phi) is 2.90. The van der Waals surface area contributed by atoms with E-state index in [4.69, 9.17) is 10.8 Å². The number of aliphatic carboxylic acids is 1. The highest BCUT2D eigenvalue weighted by atomic mass is 16.4. The Labute approximate surface area is 57.6 Å². The van der Waals surface area contributed by atoms with E-state index >= 15 is 0 Å². The molecule has 0 aliphatic heterocycles. The van der Waals surface area contributed by atoms with Crippen molar-refractivity contribution in [3.63, 3.8) is 0 Å². The van der Waals surface area contributed by atoms with E-state index in [1.165, 1.54) is 0 Å². The van der Waals surface area contributed by atoms with Gasteiger partial charge in [-0.2, -0.15) is 0 Å². The summed E-state index contributed by atoms with van der Waals surface area (Å²) in [6.07, 6.45) is 1.84. The van der Waals surface area contributed by atoms with Crippen molar-refractivity contribution in [3.8, 4) is 0 Å². The van der Waals surface area contributed by atoms with Gasteiger partial charge in [0, 0.05) is 11.6 Å². The van der Waals surface area contributed by atoms with Crippen molar-refractivity contribution in [1.82, 2.24) is 0 Å². The number of hydrogen-bond donors (Lipinski definition) is 2. The second kappa shape index (κ2) is 3.45. The van der Waals surface area contributed by atoms with E-state index in [2.05, 4.69) is 6.58 Å². The van der Waals surface area contributed by atoms with Crippen molar-refractivity contribution < 1.29 is 14.7 Å². The Bertz CT molecular complexity index is 205. The van der Waals surface area contributed by atoms with Gasteiger partial charge in [0.2, 0.25) is 5.91 Å². The average molecular weight is 141 g/mol. The number of rotatable bonds is 3. The van der Waals surface area contributed by atoms with Crippen LogP contribution in [0.1, 0.15) is 0 Å². The molecule has 0 unspecified atom stereocenters. The maximum atomic E-state index is 10.2. The zero-order valence-corrected chi connectivity index (χ0v) is 5.20. The van der Waals surface area contributed by atoms with Gasteiger partial charge in [-0.05, 0) is 6.08 Å². The third-order valence-corrected chi connectivity index (χ3v) is 0.744. The number of amides is 1. The average Bonchev–Trinajstić information content (AvgIpc) is 1.82. The monoisotopic (exact) mass is 141 g/mol. The predicted octanol–water partition coefficient (Wildman–Crippen LogP) is -0.331. The van der Waals surface area contributed by atoms with E-state index < -0.39 is 11.9 Å². The number of nitrogens with two attached hydrogens (primary N) is 1. The van der Waals surface area contributed by atoms with Crippen LogP contribution in [0.3, 0.4) is 0 Å². The molecular formula is C6H7NO3. The molecule has 10 heavy (non-hydrogen) atoms. The van der Waals surface area contributed by atoms with Gasteiger partial charge in [0.1, 0.15) is 0 Å². The molecule has 54 valence electrons. The lowest BCUT2D eigenvalue weighted by atomic mass is 10.3. The highest BCUT2D eigenvalue weighted by Gasteiger charge is 1.95. The number of hydrogen-bond acceptors (Lipinski definition) is 2. The van der Waals surface area contributed by atoms with Crippen LogP contribution in [0, 0.1) is 0 Å². The zero-order valence-electron chi connectivity index (χ0n) is 5.20. The van der Waals surface area contributed by atoms with E-state index in [1.807, 2.05) is 0 Å². The fourth-order valence-electron chi connectivity index (χ4n) is 0.254. The lowest BCUT2D eigenvalue weighted by Crippen LogP contribution is -2.11. The molecule has 0 aromatic rings. The number of carbonyl (C=O) groups is 2. The first kappa shape index (κ1) is 8.42. The summed E-state index contributed by atoms with van der Waals surface area (Å²) >= 11 is 0. The molecule has 0 saturated carbocycles. The molecule has 4 heteroatoms. The van der Waals surface area contributed by atoms with Gasteiger partial charge in [-0.25, -0.2) is 4.79 Å². The first-order chi connectivity index (χ1) is 4.54. The zero-order chi connectivity index (χ0) is 8.15. The van der Waals surface area contributed by atoms with Gasteiger partial charge < -0.3 is 10.8 Å². The topological polar surface area (TPSA) is 80.4 Å². The molecule has 4 nitrogen and oxygen atoms in total. The van der Waals surface area contributed by atoms with E-state index in [-0.39, 0.29) is 5.57 Å². The fraction of sp³-hybridized carbons (Fsp3) is 0. The van der Waals surface area contributed by atoms with Crippen molar-refractivity contribution in [2.24, 2.45) is 5.73 Å². The number of primary amides is 1. The molecule has 1 amide bonds. The van der Waals surface area contributed by atoms with Gasteiger partial charge in [0.05, 0.1) is 0 Å². The molecule has 0 spiro atoms. The third-order valence-electron chi connectivity index (χ3n) is 0.744. The summed E-state index contributed by atoms with van der Waals surface area (Å²) in [6, 6.07) is 0. The minimum Gasteiger partial charge on any atom is -0.478 e. The fourth-order valence-corrected chi connectivity index (χ4v) is 0.254. The normalized spacial score (nSPS) is 9.60. The van der Waals surface area contributed by atoms with E-state index in [0.717, 1.165) is 12.2 Å². The molecule has 0 aliphatic rings. The van der Waals surface area contributed by atoms with E-state index in [0.29, 0.717) is 0 Å². The van der Waals surface area contributed by atoms with Gasteiger partial charge >= 0.3 is 5.97 Å². The van der Waals surface area contributed by atoms with Gasteiger partial charge in [-0.1, -0.05) is 6.58 Å². The van der Waals surface area contributed by atoms with Crippen molar-refractivity contribution in [1.29, 1.82) is 0 Å². The molecule has 0 aromatic heterocycles. The Hall–Kier alpha value is -1.58. The highest BCUT2D eigenvalue weighted by molar-refractivity contribution is 5.95. The van der Waals surface area contributed by atoms with Crippen molar-refractivity contribution in [2.75, 3.05) is 0 Å². The van der Waals surface area contributed by atoms with E-state index in [1.54, 1.807) is 0 Å². The summed E-state index contributed by atoms with van der Waals surface area (Å²) in [5, 5.41) is 8.06. The van der Waals surface area contributed by atoms with Crippen LogP contribution in [0.5, 0.6) is 0 Å². The molecular weight excluding hydrogens is 134 g/mol. The number of carboxylic acids is 1. The Morgan fingerprint density at radius 1 is 1.40 bits per heavy atom. The quantitative estimate of drug-likeness (QED) is 0.417. The second-order valence-electron chi connectivity index (χ2n) is 1.56. The molecule has 0 atom stereocenters. The predicted molar refractivity (Wildman–Crippen MR) is 35.1 cm³/mol. The summed E-state index contributed by atoms with van der Waals surface area (Å²) in [5.41, 5.74) is 4.71. The van der Waals surface area contributed by atoms with Gasteiger partial charge in [0.25, 0.3) is 0 Å².